The molecule has 0 saturated heterocycles. The van der Waals surface area contributed by atoms with Gasteiger partial charge in [-0.25, -0.2) is 0 Å². The number of nitrogens with zero attached hydrogens (tertiary/aromatic N) is 2. The summed E-state index contributed by atoms with van der Waals surface area (Å²) in [5.74, 6) is 1.39. The Morgan fingerprint density at radius 1 is 1.11 bits per heavy atom. The lowest BCUT2D eigenvalue weighted by atomic mass is 10.1. The van der Waals surface area contributed by atoms with E-state index in [1.165, 1.54) is 11.1 Å². The van der Waals surface area contributed by atoms with Gasteiger partial charge in [-0.1, -0.05) is 36.4 Å². The molecule has 1 amide bonds. The fraction of sp³-hybridized carbons (Fsp3) is 0.333. The van der Waals surface area contributed by atoms with Crippen LogP contribution in [0.3, 0.4) is 0 Å². The molecule has 27 heavy (non-hydrogen) atoms. The average molecular weight is 368 g/mol. The summed E-state index contributed by atoms with van der Waals surface area (Å²) in [7, 11) is 5.30. The minimum absolute atomic E-state index is 0.0868. The number of rotatable bonds is 7. The normalized spacial score (nSPS) is 11.0. The third kappa shape index (κ3) is 6.33. The monoisotopic (exact) mass is 368 g/mol. The van der Waals surface area contributed by atoms with E-state index in [1.807, 2.05) is 48.3 Å². The number of nitrogens with one attached hydrogen (secondary N) is 2. The number of benzene rings is 2. The standard InChI is InChI=1S/C21H28N4O2/c1-16-7-5-6-8-18(16)15-25(3)21(22-2)24-14-20(26)23-13-17-9-11-19(27-4)12-10-17/h5-12H,13-15H2,1-4H3,(H,22,24)(H,23,26). The molecule has 2 rings (SSSR count). The molecule has 0 spiro atoms. The van der Waals surface area contributed by atoms with Crippen LogP contribution in [0.15, 0.2) is 53.5 Å². The quantitative estimate of drug-likeness (QED) is 0.581. The molecular formula is C21H28N4O2. The van der Waals surface area contributed by atoms with Gasteiger partial charge in [0.1, 0.15) is 5.75 Å². The molecule has 2 aromatic rings. The minimum atomic E-state index is -0.0868. The van der Waals surface area contributed by atoms with E-state index < -0.39 is 0 Å². The molecule has 144 valence electrons. The highest BCUT2D eigenvalue weighted by Crippen LogP contribution is 2.11. The summed E-state index contributed by atoms with van der Waals surface area (Å²) in [6, 6.07) is 15.9. The van der Waals surface area contributed by atoms with Crippen molar-refractivity contribution in [1.82, 2.24) is 15.5 Å². The lowest BCUT2D eigenvalue weighted by Crippen LogP contribution is -2.43. The van der Waals surface area contributed by atoms with Crippen LogP contribution in [-0.4, -0.2) is 44.5 Å². The van der Waals surface area contributed by atoms with Crippen LogP contribution in [0.25, 0.3) is 0 Å². The van der Waals surface area contributed by atoms with Crippen molar-refractivity contribution in [3.05, 3.63) is 65.2 Å². The Bertz CT molecular complexity index is 772. The van der Waals surface area contributed by atoms with Gasteiger partial charge in [0.15, 0.2) is 5.96 Å². The lowest BCUT2D eigenvalue weighted by Gasteiger charge is -2.22. The highest BCUT2D eigenvalue weighted by molar-refractivity contribution is 5.86. The van der Waals surface area contributed by atoms with Gasteiger partial charge in [0.2, 0.25) is 5.91 Å². The van der Waals surface area contributed by atoms with Gasteiger partial charge in [0, 0.05) is 27.2 Å². The van der Waals surface area contributed by atoms with Crippen molar-refractivity contribution in [3.63, 3.8) is 0 Å². The van der Waals surface area contributed by atoms with Gasteiger partial charge in [-0.2, -0.15) is 0 Å². The predicted octanol–water partition coefficient (Wildman–Crippen LogP) is 2.33. The number of ether oxygens (including phenoxy) is 1. The molecule has 0 radical (unpaired) electrons. The number of methoxy groups -OCH3 is 1. The maximum atomic E-state index is 12.1. The van der Waals surface area contributed by atoms with Crippen molar-refractivity contribution in [3.8, 4) is 5.75 Å². The molecule has 2 aromatic carbocycles. The molecule has 6 nitrogen and oxygen atoms in total. The highest BCUT2D eigenvalue weighted by atomic mass is 16.5. The second kappa shape index (κ2) is 10.2. The Balaban J connectivity index is 1.80. The van der Waals surface area contributed by atoms with Gasteiger partial charge in [0.25, 0.3) is 0 Å². The van der Waals surface area contributed by atoms with Gasteiger partial charge >= 0.3 is 0 Å². The predicted molar refractivity (Wildman–Crippen MR) is 109 cm³/mol. The summed E-state index contributed by atoms with van der Waals surface area (Å²) in [6.45, 7) is 3.45. The summed E-state index contributed by atoms with van der Waals surface area (Å²) in [5, 5.41) is 6.00. The summed E-state index contributed by atoms with van der Waals surface area (Å²) in [5.41, 5.74) is 3.48. The van der Waals surface area contributed by atoms with Crippen LogP contribution in [0, 0.1) is 6.92 Å². The van der Waals surface area contributed by atoms with Gasteiger partial charge in [-0.05, 0) is 35.7 Å². The van der Waals surface area contributed by atoms with Crippen LogP contribution in [0.2, 0.25) is 0 Å². The van der Waals surface area contributed by atoms with E-state index in [0.717, 1.165) is 17.9 Å². The van der Waals surface area contributed by atoms with Gasteiger partial charge in [-0.15, -0.1) is 0 Å². The van der Waals surface area contributed by atoms with E-state index in [1.54, 1.807) is 14.2 Å². The lowest BCUT2D eigenvalue weighted by molar-refractivity contribution is -0.120. The zero-order valence-corrected chi connectivity index (χ0v) is 16.5. The molecule has 0 unspecified atom stereocenters. The molecule has 0 heterocycles. The fourth-order valence-electron chi connectivity index (χ4n) is 2.67. The smallest absolute Gasteiger partial charge is 0.239 e. The first-order chi connectivity index (χ1) is 13.0. The molecule has 0 atom stereocenters. The molecule has 0 fully saturated rings. The van der Waals surface area contributed by atoms with Crippen LogP contribution < -0.4 is 15.4 Å². The SMILES string of the molecule is CN=C(NCC(=O)NCc1ccc(OC)cc1)N(C)Cc1ccccc1C. The fourth-order valence-corrected chi connectivity index (χ4v) is 2.67. The van der Waals surface area contributed by atoms with Crippen molar-refractivity contribution < 1.29 is 9.53 Å². The third-order valence-electron chi connectivity index (χ3n) is 4.30. The second-order valence-corrected chi connectivity index (χ2v) is 6.31. The summed E-state index contributed by atoms with van der Waals surface area (Å²) in [4.78, 5) is 18.4. The Labute approximate surface area is 161 Å². The van der Waals surface area contributed by atoms with Crippen LogP contribution in [0.1, 0.15) is 16.7 Å². The van der Waals surface area contributed by atoms with E-state index in [2.05, 4.69) is 34.7 Å². The van der Waals surface area contributed by atoms with Gasteiger partial charge in [0.05, 0.1) is 13.7 Å². The van der Waals surface area contributed by atoms with Crippen molar-refractivity contribution in [1.29, 1.82) is 0 Å². The third-order valence-corrected chi connectivity index (χ3v) is 4.30. The van der Waals surface area contributed by atoms with Gasteiger partial charge < -0.3 is 20.3 Å². The van der Waals surface area contributed by atoms with Crippen molar-refractivity contribution >= 4 is 11.9 Å². The number of carbonyl (C=O) groups excluding carboxylic acids is 1. The zero-order chi connectivity index (χ0) is 19.6. The Morgan fingerprint density at radius 3 is 2.44 bits per heavy atom. The molecule has 0 aliphatic heterocycles. The van der Waals surface area contributed by atoms with Gasteiger partial charge in [-0.3, -0.25) is 9.79 Å². The van der Waals surface area contributed by atoms with E-state index >= 15 is 0 Å². The molecule has 6 heteroatoms. The molecule has 0 bridgehead atoms. The highest BCUT2D eigenvalue weighted by Gasteiger charge is 2.10. The number of aliphatic imine (C=N–C) groups is 1. The van der Waals surface area contributed by atoms with E-state index in [4.69, 9.17) is 4.74 Å². The van der Waals surface area contributed by atoms with E-state index in [-0.39, 0.29) is 12.5 Å². The van der Waals surface area contributed by atoms with Crippen molar-refractivity contribution in [2.24, 2.45) is 4.99 Å². The molecule has 2 N–H and O–H groups in total. The van der Waals surface area contributed by atoms with E-state index in [9.17, 15) is 4.79 Å². The van der Waals surface area contributed by atoms with E-state index in [0.29, 0.717) is 12.5 Å². The Hall–Kier alpha value is -3.02. The Kier molecular flexibility index (Phi) is 7.67. The van der Waals surface area contributed by atoms with Crippen molar-refractivity contribution in [2.45, 2.75) is 20.0 Å². The van der Waals surface area contributed by atoms with Crippen molar-refractivity contribution in [2.75, 3.05) is 27.7 Å². The maximum absolute atomic E-state index is 12.1. The molecular weight excluding hydrogens is 340 g/mol. The molecule has 0 saturated carbocycles. The average Bonchev–Trinajstić information content (AvgIpc) is 2.69. The van der Waals surface area contributed by atoms with Crippen LogP contribution >= 0.6 is 0 Å². The number of carbonyl (C=O) groups is 1. The van der Waals surface area contributed by atoms with Crippen LogP contribution in [-0.2, 0) is 17.9 Å². The maximum Gasteiger partial charge on any atom is 0.239 e. The number of hydrogen-bond acceptors (Lipinski definition) is 3. The molecule has 0 aliphatic rings. The number of guanidine groups is 1. The second-order valence-electron chi connectivity index (χ2n) is 6.31. The zero-order valence-electron chi connectivity index (χ0n) is 16.5. The topological polar surface area (TPSA) is 66.0 Å². The first kappa shape index (κ1) is 20.3. The van der Waals surface area contributed by atoms with Crippen LogP contribution in [0.4, 0.5) is 0 Å². The summed E-state index contributed by atoms with van der Waals surface area (Å²) < 4.78 is 5.13. The Morgan fingerprint density at radius 2 is 1.81 bits per heavy atom. The first-order valence-electron chi connectivity index (χ1n) is 8.89. The largest absolute Gasteiger partial charge is 0.497 e. The number of aryl methyl sites for hydroxylation is 1. The molecule has 0 aromatic heterocycles. The number of amides is 1. The first-order valence-corrected chi connectivity index (χ1v) is 8.89. The minimum Gasteiger partial charge on any atom is -0.497 e. The summed E-state index contributed by atoms with van der Waals surface area (Å²) >= 11 is 0. The number of hydrogen-bond donors (Lipinski definition) is 2. The summed E-state index contributed by atoms with van der Waals surface area (Å²) in [6.07, 6.45) is 0. The molecule has 0 aliphatic carbocycles. The van der Waals surface area contributed by atoms with Crippen LogP contribution in [0.5, 0.6) is 5.75 Å².